The van der Waals surface area contributed by atoms with Gasteiger partial charge < -0.3 is 4.52 Å². The number of hydrogen-bond donors (Lipinski definition) is 0. The van der Waals surface area contributed by atoms with Crippen molar-refractivity contribution >= 4 is 11.8 Å². The highest BCUT2D eigenvalue weighted by molar-refractivity contribution is 7.98. The van der Waals surface area contributed by atoms with Crippen molar-refractivity contribution in [3.8, 4) is 17.1 Å². The van der Waals surface area contributed by atoms with Crippen LogP contribution in [0.4, 0.5) is 0 Å². The van der Waals surface area contributed by atoms with Gasteiger partial charge in [0.05, 0.1) is 5.75 Å². The first-order chi connectivity index (χ1) is 11.9. The molecule has 0 N–H and O–H groups in total. The highest BCUT2D eigenvalue weighted by atomic mass is 32.2. The first kappa shape index (κ1) is 14.6. The molecule has 24 heavy (non-hydrogen) atoms. The number of thioether (sulfide) groups is 1. The van der Waals surface area contributed by atoms with E-state index in [1.54, 1.807) is 6.33 Å². The van der Waals surface area contributed by atoms with E-state index in [0.29, 0.717) is 17.5 Å². The third-order valence-electron chi connectivity index (χ3n) is 3.38. The number of aromatic nitrogens is 5. The van der Waals surface area contributed by atoms with Gasteiger partial charge in [-0.1, -0.05) is 65.4 Å². The summed E-state index contributed by atoms with van der Waals surface area (Å²) in [5, 5.41) is 13.0. The Kier molecular flexibility index (Phi) is 4.07. The van der Waals surface area contributed by atoms with Gasteiger partial charge in [-0.25, -0.2) is 0 Å². The van der Waals surface area contributed by atoms with Gasteiger partial charge >= 0.3 is 0 Å². The van der Waals surface area contributed by atoms with Crippen molar-refractivity contribution in [1.82, 2.24) is 24.9 Å². The van der Waals surface area contributed by atoms with Crippen molar-refractivity contribution < 1.29 is 4.52 Å². The third-order valence-corrected chi connectivity index (χ3v) is 4.30. The zero-order valence-electron chi connectivity index (χ0n) is 12.6. The van der Waals surface area contributed by atoms with Crippen LogP contribution in [0.25, 0.3) is 17.1 Å². The zero-order valence-corrected chi connectivity index (χ0v) is 13.4. The zero-order chi connectivity index (χ0) is 16.2. The van der Waals surface area contributed by atoms with Gasteiger partial charge in [0.15, 0.2) is 5.16 Å². The molecule has 0 unspecified atom stereocenters. The predicted octanol–water partition coefficient (Wildman–Crippen LogP) is 3.61. The number of nitrogens with zero attached hydrogens (tertiary/aromatic N) is 5. The molecule has 0 spiro atoms. The van der Waals surface area contributed by atoms with Crippen LogP contribution < -0.4 is 0 Å². The highest BCUT2D eigenvalue weighted by Crippen LogP contribution is 2.24. The number of para-hydroxylation sites is 1. The molecule has 2 aromatic carbocycles. The van der Waals surface area contributed by atoms with E-state index in [4.69, 9.17) is 4.52 Å². The first-order valence-corrected chi connectivity index (χ1v) is 8.35. The molecule has 0 aliphatic rings. The Bertz CT molecular complexity index is 920. The Morgan fingerprint density at radius 2 is 1.71 bits per heavy atom. The summed E-state index contributed by atoms with van der Waals surface area (Å²) in [6, 6.07) is 19.7. The molecule has 2 heterocycles. The summed E-state index contributed by atoms with van der Waals surface area (Å²) in [6.45, 7) is 0. The third kappa shape index (κ3) is 3.07. The quantitative estimate of drug-likeness (QED) is 0.519. The molecule has 118 valence electrons. The average Bonchev–Trinajstić information content (AvgIpc) is 3.31. The van der Waals surface area contributed by atoms with Crippen LogP contribution in [0.15, 0.2) is 76.7 Å². The normalized spacial score (nSPS) is 10.8. The second kappa shape index (κ2) is 6.67. The molecule has 0 bridgehead atoms. The van der Waals surface area contributed by atoms with E-state index in [1.165, 1.54) is 11.8 Å². The van der Waals surface area contributed by atoms with Crippen molar-refractivity contribution in [2.45, 2.75) is 10.9 Å². The van der Waals surface area contributed by atoms with Crippen LogP contribution in [0.2, 0.25) is 0 Å². The lowest BCUT2D eigenvalue weighted by atomic mass is 10.2. The molecule has 0 saturated carbocycles. The molecule has 0 fully saturated rings. The van der Waals surface area contributed by atoms with Crippen molar-refractivity contribution in [1.29, 1.82) is 0 Å². The van der Waals surface area contributed by atoms with E-state index in [1.807, 2.05) is 65.2 Å². The molecule has 2 aromatic heterocycles. The van der Waals surface area contributed by atoms with Crippen molar-refractivity contribution in [3.63, 3.8) is 0 Å². The SMILES string of the molecule is c1ccc(-c2noc(CSc3nncn3-c3ccccc3)n2)cc1. The Morgan fingerprint density at radius 3 is 2.50 bits per heavy atom. The van der Waals surface area contributed by atoms with Gasteiger partial charge in [-0.3, -0.25) is 4.57 Å². The minimum absolute atomic E-state index is 0.533. The molecule has 7 heteroatoms. The lowest BCUT2D eigenvalue weighted by Crippen LogP contribution is -1.94. The number of hydrogen-bond acceptors (Lipinski definition) is 6. The summed E-state index contributed by atoms with van der Waals surface area (Å²) in [5.74, 6) is 1.68. The maximum atomic E-state index is 5.32. The van der Waals surface area contributed by atoms with Crippen molar-refractivity contribution in [3.05, 3.63) is 72.9 Å². The van der Waals surface area contributed by atoms with E-state index in [0.717, 1.165) is 16.4 Å². The predicted molar refractivity (Wildman–Crippen MR) is 90.7 cm³/mol. The summed E-state index contributed by atoms with van der Waals surface area (Å²) < 4.78 is 7.25. The molecule has 0 amide bonds. The summed E-state index contributed by atoms with van der Waals surface area (Å²) in [6.07, 6.45) is 1.70. The second-order valence-corrected chi connectivity index (χ2v) is 5.93. The summed E-state index contributed by atoms with van der Waals surface area (Å²) in [5.41, 5.74) is 1.95. The maximum absolute atomic E-state index is 5.32. The van der Waals surface area contributed by atoms with Crippen LogP contribution in [0.3, 0.4) is 0 Å². The Labute approximate surface area is 142 Å². The maximum Gasteiger partial charge on any atom is 0.237 e. The van der Waals surface area contributed by atoms with Crippen LogP contribution in [0.5, 0.6) is 0 Å². The summed E-state index contributed by atoms with van der Waals surface area (Å²) in [4.78, 5) is 4.43. The Balaban J connectivity index is 1.49. The minimum Gasteiger partial charge on any atom is -0.338 e. The molecule has 4 rings (SSSR count). The fraction of sp³-hybridized carbons (Fsp3) is 0.0588. The van der Waals surface area contributed by atoms with Crippen molar-refractivity contribution in [2.75, 3.05) is 0 Å². The summed E-state index contributed by atoms with van der Waals surface area (Å²) in [7, 11) is 0. The summed E-state index contributed by atoms with van der Waals surface area (Å²) >= 11 is 1.50. The second-order valence-electron chi connectivity index (χ2n) is 4.99. The average molecular weight is 335 g/mol. The van der Waals surface area contributed by atoms with E-state index >= 15 is 0 Å². The van der Waals surface area contributed by atoms with Crippen LogP contribution >= 0.6 is 11.8 Å². The van der Waals surface area contributed by atoms with Crippen LogP contribution in [-0.2, 0) is 5.75 Å². The van der Waals surface area contributed by atoms with Crippen LogP contribution in [0.1, 0.15) is 5.89 Å². The molecule has 0 radical (unpaired) electrons. The van der Waals surface area contributed by atoms with E-state index in [9.17, 15) is 0 Å². The van der Waals surface area contributed by atoms with Gasteiger partial charge in [-0.15, -0.1) is 10.2 Å². The molecule has 4 aromatic rings. The van der Waals surface area contributed by atoms with E-state index < -0.39 is 0 Å². The molecule has 0 saturated heterocycles. The fourth-order valence-electron chi connectivity index (χ4n) is 2.23. The van der Waals surface area contributed by atoms with E-state index in [-0.39, 0.29) is 0 Å². The lowest BCUT2D eigenvalue weighted by molar-refractivity contribution is 0.391. The molecule has 0 atom stereocenters. The molecule has 0 aliphatic heterocycles. The minimum atomic E-state index is 0.533. The fourth-order valence-corrected chi connectivity index (χ4v) is 3.00. The van der Waals surface area contributed by atoms with Gasteiger partial charge in [-0.2, -0.15) is 4.98 Å². The van der Waals surface area contributed by atoms with Gasteiger partial charge in [0.25, 0.3) is 0 Å². The van der Waals surface area contributed by atoms with Crippen LogP contribution in [-0.4, -0.2) is 24.9 Å². The molecular formula is C17H13N5OS. The van der Waals surface area contributed by atoms with E-state index in [2.05, 4.69) is 20.3 Å². The molecule has 6 nitrogen and oxygen atoms in total. The molecule has 0 aliphatic carbocycles. The van der Waals surface area contributed by atoms with Gasteiger partial charge in [0.2, 0.25) is 11.7 Å². The van der Waals surface area contributed by atoms with Crippen LogP contribution in [0, 0.1) is 0 Å². The molecular weight excluding hydrogens is 322 g/mol. The monoisotopic (exact) mass is 335 g/mol. The van der Waals surface area contributed by atoms with Gasteiger partial charge in [0.1, 0.15) is 6.33 Å². The Hall–Kier alpha value is -2.93. The standard InChI is InChI=1S/C17H13N5OS/c1-3-7-13(8-4-1)16-19-15(23-21-16)11-24-17-20-18-12-22(17)14-9-5-2-6-10-14/h1-10,12H,11H2. The van der Waals surface area contributed by atoms with Gasteiger partial charge in [-0.05, 0) is 12.1 Å². The largest absolute Gasteiger partial charge is 0.338 e. The number of benzene rings is 2. The smallest absolute Gasteiger partial charge is 0.237 e. The van der Waals surface area contributed by atoms with Crippen molar-refractivity contribution in [2.24, 2.45) is 0 Å². The topological polar surface area (TPSA) is 69.6 Å². The number of rotatable bonds is 5. The lowest BCUT2D eigenvalue weighted by Gasteiger charge is -2.04. The van der Waals surface area contributed by atoms with Gasteiger partial charge in [0, 0.05) is 11.3 Å². The highest BCUT2D eigenvalue weighted by Gasteiger charge is 2.12. The Morgan fingerprint density at radius 1 is 0.958 bits per heavy atom. The first-order valence-electron chi connectivity index (χ1n) is 7.36.